The minimum absolute atomic E-state index is 0.0483. The lowest BCUT2D eigenvalue weighted by molar-refractivity contribution is 0.507. The first-order valence-electron chi connectivity index (χ1n) is 6.03. The zero-order valence-electron chi connectivity index (χ0n) is 10.2. The number of rotatable bonds is 3. The van der Waals surface area contributed by atoms with Gasteiger partial charge in [0.15, 0.2) is 11.6 Å². The van der Waals surface area contributed by atoms with Gasteiger partial charge in [-0.15, -0.1) is 0 Å². The Bertz CT molecular complexity index is 476. The summed E-state index contributed by atoms with van der Waals surface area (Å²) in [6.07, 6.45) is 3.09. The van der Waals surface area contributed by atoms with Crippen LogP contribution in [0.25, 0.3) is 0 Å². The average molecular weight is 270 g/mol. The molecular formula is C13H16F2N2S. The van der Waals surface area contributed by atoms with Gasteiger partial charge in [0.1, 0.15) is 4.99 Å². The van der Waals surface area contributed by atoms with Gasteiger partial charge in [-0.25, -0.2) is 8.78 Å². The first-order valence-corrected chi connectivity index (χ1v) is 6.44. The topological polar surface area (TPSA) is 38.0 Å². The molecule has 1 fully saturated rings. The van der Waals surface area contributed by atoms with E-state index in [0.717, 1.165) is 19.3 Å². The normalized spacial score (nSPS) is 23.1. The lowest BCUT2D eigenvalue weighted by atomic mass is 10.1. The van der Waals surface area contributed by atoms with Crippen LogP contribution in [0.4, 0.5) is 14.5 Å². The van der Waals surface area contributed by atoms with Gasteiger partial charge in [-0.05, 0) is 37.3 Å². The number of hydrogen-bond acceptors (Lipinski definition) is 2. The maximum absolute atomic E-state index is 13.8. The Hall–Kier alpha value is -1.23. The van der Waals surface area contributed by atoms with Crippen LogP contribution in [0.2, 0.25) is 0 Å². The van der Waals surface area contributed by atoms with Crippen LogP contribution in [0.3, 0.4) is 0 Å². The van der Waals surface area contributed by atoms with E-state index in [1.165, 1.54) is 12.1 Å². The van der Waals surface area contributed by atoms with Crippen LogP contribution in [0, 0.1) is 17.6 Å². The molecule has 0 radical (unpaired) electrons. The molecule has 1 aliphatic rings. The fourth-order valence-corrected chi connectivity index (χ4v) is 2.57. The maximum Gasteiger partial charge on any atom is 0.182 e. The lowest BCUT2D eigenvalue weighted by Gasteiger charge is -2.15. The van der Waals surface area contributed by atoms with Crippen molar-refractivity contribution in [1.29, 1.82) is 0 Å². The van der Waals surface area contributed by atoms with E-state index in [1.54, 1.807) is 0 Å². The molecule has 18 heavy (non-hydrogen) atoms. The van der Waals surface area contributed by atoms with Crippen molar-refractivity contribution >= 4 is 22.9 Å². The van der Waals surface area contributed by atoms with Crippen LogP contribution in [-0.2, 0) is 0 Å². The van der Waals surface area contributed by atoms with Crippen LogP contribution in [-0.4, -0.2) is 11.0 Å². The second-order valence-electron chi connectivity index (χ2n) is 4.91. The van der Waals surface area contributed by atoms with Gasteiger partial charge in [-0.2, -0.15) is 0 Å². The van der Waals surface area contributed by atoms with Crippen molar-refractivity contribution < 1.29 is 8.78 Å². The molecule has 1 saturated carbocycles. The average Bonchev–Trinajstić information content (AvgIpc) is 2.70. The molecular weight excluding hydrogens is 254 g/mol. The highest BCUT2D eigenvalue weighted by molar-refractivity contribution is 7.80. The molecule has 0 aliphatic heterocycles. The second-order valence-corrected chi connectivity index (χ2v) is 5.35. The minimum Gasteiger partial charge on any atom is -0.389 e. The van der Waals surface area contributed by atoms with Gasteiger partial charge in [0.2, 0.25) is 0 Å². The number of hydrogen-bond donors (Lipinski definition) is 2. The third kappa shape index (κ3) is 2.61. The van der Waals surface area contributed by atoms with Crippen LogP contribution < -0.4 is 11.1 Å². The van der Waals surface area contributed by atoms with E-state index in [4.69, 9.17) is 5.73 Å². The highest BCUT2D eigenvalue weighted by Gasteiger charge is 2.23. The van der Waals surface area contributed by atoms with Crippen molar-refractivity contribution in [3.8, 4) is 0 Å². The molecule has 0 saturated heterocycles. The lowest BCUT2D eigenvalue weighted by Crippen LogP contribution is -2.18. The fraction of sp³-hybridized carbons (Fsp3) is 0.462. The van der Waals surface area contributed by atoms with Crippen molar-refractivity contribution in [2.45, 2.75) is 32.2 Å². The highest BCUT2D eigenvalue weighted by atomic mass is 32.1. The first-order chi connectivity index (χ1) is 8.49. The van der Waals surface area contributed by atoms with Crippen molar-refractivity contribution in [2.75, 3.05) is 5.32 Å². The van der Waals surface area contributed by atoms with Gasteiger partial charge in [0.25, 0.3) is 0 Å². The van der Waals surface area contributed by atoms with Gasteiger partial charge in [0, 0.05) is 11.6 Å². The van der Waals surface area contributed by atoms with Crippen molar-refractivity contribution in [3.63, 3.8) is 0 Å². The molecule has 2 unspecified atom stereocenters. The molecule has 0 aromatic heterocycles. The number of anilines is 1. The molecule has 3 N–H and O–H groups in total. The summed E-state index contributed by atoms with van der Waals surface area (Å²) in [7, 11) is 0. The molecule has 0 amide bonds. The van der Waals surface area contributed by atoms with E-state index in [0.29, 0.717) is 5.92 Å². The molecule has 1 aromatic carbocycles. The Morgan fingerprint density at radius 3 is 2.61 bits per heavy atom. The van der Waals surface area contributed by atoms with E-state index in [9.17, 15) is 8.78 Å². The van der Waals surface area contributed by atoms with Gasteiger partial charge >= 0.3 is 0 Å². The van der Waals surface area contributed by atoms with Crippen molar-refractivity contribution in [2.24, 2.45) is 11.7 Å². The van der Waals surface area contributed by atoms with Gasteiger partial charge < -0.3 is 11.1 Å². The Morgan fingerprint density at radius 1 is 1.33 bits per heavy atom. The number of thiocarbonyl (C=S) groups is 1. The smallest absolute Gasteiger partial charge is 0.182 e. The quantitative estimate of drug-likeness (QED) is 0.828. The number of benzene rings is 1. The van der Waals surface area contributed by atoms with Crippen molar-refractivity contribution in [3.05, 3.63) is 29.3 Å². The van der Waals surface area contributed by atoms with Crippen LogP contribution in [0.5, 0.6) is 0 Å². The van der Waals surface area contributed by atoms with E-state index in [1.807, 2.05) is 0 Å². The molecule has 2 rings (SSSR count). The fourth-order valence-electron chi connectivity index (χ4n) is 2.41. The van der Waals surface area contributed by atoms with Crippen LogP contribution in [0.1, 0.15) is 31.7 Å². The maximum atomic E-state index is 13.8. The first kappa shape index (κ1) is 13.2. The van der Waals surface area contributed by atoms with E-state index < -0.39 is 11.6 Å². The SMILES string of the molecule is CC1CCC(Nc2ccc(C(N)=S)c(F)c2F)C1. The number of halogens is 2. The predicted molar refractivity (Wildman–Crippen MR) is 72.7 cm³/mol. The summed E-state index contributed by atoms with van der Waals surface area (Å²) in [6, 6.07) is 3.13. The molecule has 0 heterocycles. The van der Waals surface area contributed by atoms with Crippen LogP contribution in [0.15, 0.2) is 12.1 Å². The summed E-state index contributed by atoms with van der Waals surface area (Å²) in [5.74, 6) is -1.25. The molecule has 5 heteroatoms. The summed E-state index contributed by atoms with van der Waals surface area (Å²) < 4.78 is 27.5. The molecule has 2 atom stereocenters. The second kappa shape index (κ2) is 5.18. The number of nitrogens with one attached hydrogen (secondary N) is 1. The zero-order chi connectivity index (χ0) is 13.3. The standard InChI is InChI=1S/C13H16F2N2S/c1-7-2-3-8(6-7)17-10-5-4-9(13(16)18)11(14)12(10)15/h4-5,7-8,17H,2-3,6H2,1H3,(H2,16,18). The third-order valence-corrected chi connectivity index (χ3v) is 3.62. The van der Waals surface area contributed by atoms with Crippen molar-refractivity contribution in [1.82, 2.24) is 0 Å². The molecule has 1 aromatic rings. The van der Waals surface area contributed by atoms with Gasteiger partial charge in [0.05, 0.1) is 5.69 Å². The van der Waals surface area contributed by atoms with Crippen LogP contribution >= 0.6 is 12.2 Å². The van der Waals surface area contributed by atoms with E-state index in [-0.39, 0.29) is 22.3 Å². The summed E-state index contributed by atoms with van der Waals surface area (Å²) >= 11 is 4.66. The summed E-state index contributed by atoms with van der Waals surface area (Å²) in [5.41, 5.74) is 5.46. The third-order valence-electron chi connectivity index (χ3n) is 3.40. The molecule has 0 spiro atoms. The predicted octanol–water partition coefficient (Wildman–Crippen LogP) is 3.20. The Morgan fingerprint density at radius 2 is 2.06 bits per heavy atom. The molecule has 0 bridgehead atoms. The summed E-state index contributed by atoms with van der Waals surface area (Å²) in [5, 5.41) is 3.05. The largest absolute Gasteiger partial charge is 0.389 e. The zero-order valence-corrected chi connectivity index (χ0v) is 11.0. The number of nitrogens with two attached hydrogens (primary N) is 1. The van der Waals surface area contributed by atoms with E-state index in [2.05, 4.69) is 24.5 Å². The summed E-state index contributed by atoms with van der Waals surface area (Å²) in [6.45, 7) is 2.16. The van der Waals surface area contributed by atoms with Gasteiger partial charge in [-0.1, -0.05) is 19.1 Å². The molecule has 98 valence electrons. The molecule has 2 nitrogen and oxygen atoms in total. The highest BCUT2D eigenvalue weighted by Crippen LogP contribution is 2.29. The van der Waals surface area contributed by atoms with E-state index >= 15 is 0 Å². The monoisotopic (exact) mass is 270 g/mol. The molecule has 1 aliphatic carbocycles. The Labute approximate surface area is 111 Å². The van der Waals surface area contributed by atoms with Gasteiger partial charge in [-0.3, -0.25) is 0 Å². The Balaban J connectivity index is 2.19. The summed E-state index contributed by atoms with van der Waals surface area (Å²) in [4.78, 5) is -0.132. The minimum atomic E-state index is -0.974. The Kier molecular flexibility index (Phi) is 3.80.